The third-order valence-corrected chi connectivity index (χ3v) is 2.91. The molecular weight excluding hydrogens is 182 g/mol. The van der Waals surface area contributed by atoms with Gasteiger partial charge in [0.25, 0.3) is 0 Å². The predicted octanol–water partition coefficient (Wildman–Crippen LogP) is 3.61. The van der Waals surface area contributed by atoms with Crippen LogP contribution in [0.15, 0.2) is 18.2 Å². The Bertz CT molecular complexity index is 383. The van der Waals surface area contributed by atoms with Crippen LogP contribution < -0.4 is 0 Å². The van der Waals surface area contributed by atoms with E-state index < -0.39 is 0 Å². The van der Waals surface area contributed by atoms with Gasteiger partial charge < -0.3 is 0 Å². The predicted molar refractivity (Wildman–Crippen MR) is 63.8 cm³/mol. The van der Waals surface area contributed by atoms with Crippen molar-refractivity contribution in [2.75, 3.05) is 0 Å². The first-order valence-corrected chi connectivity index (χ1v) is 5.58. The highest BCUT2D eigenvalue weighted by molar-refractivity contribution is 5.40. The highest BCUT2D eigenvalue weighted by atomic mass is 14.3. The molecule has 0 aromatic heterocycles. The van der Waals surface area contributed by atoms with Gasteiger partial charge in [0.1, 0.15) is 0 Å². The van der Waals surface area contributed by atoms with Gasteiger partial charge in [-0.15, -0.1) is 0 Å². The van der Waals surface area contributed by atoms with E-state index in [2.05, 4.69) is 38.1 Å². The van der Waals surface area contributed by atoms with Crippen LogP contribution in [0.3, 0.4) is 0 Å². The van der Waals surface area contributed by atoms with Gasteiger partial charge in [-0.25, -0.2) is 0 Å². The zero-order valence-electron chi connectivity index (χ0n) is 10.1. The van der Waals surface area contributed by atoms with Crippen LogP contribution in [0.2, 0.25) is 0 Å². The van der Waals surface area contributed by atoms with E-state index >= 15 is 0 Å². The first-order chi connectivity index (χ1) is 7.05. The van der Waals surface area contributed by atoms with E-state index in [9.17, 15) is 0 Å². The van der Waals surface area contributed by atoms with E-state index in [0.717, 1.165) is 12.8 Å². The van der Waals surface area contributed by atoms with Crippen molar-refractivity contribution in [1.82, 2.24) is 0 Å². The molecule has 0 bridgehead atoms. The first-order valence-electron chi connectivity index (χ1n) is 5.58. The van der Waals surface area contributed by atoms with Crippen LogP contribution in [-0.2, 0) is 18.3 Å². The molecule has 0 aliphatic rings. The average molecular weight is 201 g/mol. The molecule has 1 heteroatoms. The number of nitriles is 1. The van der Waals surface area contributed by atoms with E-state index in [-0.39, 0.29) is 5.41 Å². The number of hydrogen-bond acceptors (Lipinski definition) is 1. The second-order valence-corrected chi connectivity index (χ2v) is 4.44. The number of benzene rings is 1. The molecule has 1 aromatic rings. The number of hydrogen-bond donors (Lipinski definition) is 0. The molecule has 0 N–H and O–H groups in total. The Morgan fingerprint density at radius 1 is 1.20 bits per heavy atom. The van der Waals surface area contributed by atoms with Gasteiger partial charge in [-0.2, -0.15) is 5.26 Å². The molecule has 0 aliphatic carbocycles. The minimum atomic E-state index is -0.377. The monoisotopic (exact) mass is 201 g/mol. The molecule has 0 aliphatic heterocycles. The zero-order valence-corrected chi connectivity index (χ0v) is 10.1. The highest BCUT2D eigenvalue weighted by Crippen LogP contribution is 2.27. The molecule has 1 nitrogen and oxygen atoms in total. The Morgan fingerprint density at radius 2 is 1.87 bits per heavy atom. The number of rotatable bonds is 3. The normalized spacial score (nSPS) is 11.1. The van der Waals surface area contributed by atoms with E-state index in [0.29, 0.717) is 0 Å². The average Bonchev–Trinajstić information content (AvgIpc) is 2.28. The van der Waals surface area contributed by atoms with Crippen molar-refractivity contribution in [3.8, 4) is 6.07 Å². The lowest BCUT2D eigenvalue weighted by molar-refractivity contribution is 0.676. The Morgan fingerprint density at radius 3 is 2.33 bits per heavy atom. The fourth-order valence-corrected chi connectivity index (χ4v) is 1.83. The standard InChI is InChI=1S/C14H19N/c1-5-11-7-8-13(12(6-2)9-11)14(3,4)10-15/h7-9H,5-6H2,1-4H3. The van der Waals surface area contributed by atoms with Crippen LogP contribution in [0.1, 0.15) is 44.4 Å². The summed E-state index contributed by atoms with van der Waals surface area (Å²) in [4.78, 5) is 0. The minimum absolute atomic E-state index is 0.377. The van der Waals surface area contributed by atoms with Gasteiger partial charge in [-0.1, -0.05) is 32.0 Å². The molecule has 0 unspecified atom stereocenters. The van der Waals surface area contributed by atoms with Gasteiger partial charge in [0.05, 0.1) is 11.5 Å². The van der Waals surface area contributed by atoms with Gasteiger partial charge in [0, 0.05) is 0 Å². The molecule has 15 heavy (non-hydrogen) atoms. The summed E-state index contributed by atoms with van der Waals surface area (Å²) in [5.41, 5.74) is 3.45. The van der Waals surface area contributed by atoms with E-state index in [1.807, 2.05) is 13.8 Å². The molecule has 0 saturated carbocycles. The van der Waals surface area contributed by atoms with Gasteiger partial charge in [-0.3, -0.25) is 0 Å². The third-order valence-electron chi connectivity index (χ3n) is 2.91. The van der Waals surface area contributed by atoms with Crippen LogP contribution in [-0.4, -0.2) is 0 Å². The minimum Gasteiger partial charge on any atom is -0.197 e. The summed E-state index contributed by atoms with van der Waals surface area (Å²) < 4.78 is 0. The maximum absolute atomic E-state index is 9.14. The summed E-state index contributed by atoms with van der Waals surface area (Å²) in [7, 11) is 0. The van der Waals surface area contributed by atoms with Crippen LogP contribution in [0.25, 0.3) is 0 Å². The molecule has 1 rings (SSSR count). The van der Waals surface area contributed by atoms with Crippen molar-refractivity contribution in [2.45, 2.75) is 46.0 Å². The van der Waals surface area contributed by atoms with Gasteiger partial charge in [0.2, 0.25) is 0 Å². The zero-order chi connectivity index (χ0) is 11.5. The molecule has 0 amide bonds. The maximum Gasteiger partial charge on any atom is 0.0768 e. The second-order valence-electron chi connectivity index (χ2n) is 4.44. The van der Waals surface area contributed by atoms with Gasteiger partial charge in [-0.05, 0) is 43.4 Å². The van der Waals surface area contributed by atoms with Crippen LogP contribution in [0.4, 0.5) is 0 Å². The molecule has 80 valence electrons. The van der Waals surface area contributed by atoms with E-state index in [1.54, 1.807) is 0 Å². The molecular formula is C14H19N. The lowest BCUT2D eigenvalue weighted by Crippen LogP contribution is -2.16. The summed E-state index contributed by atoms with van der Waals surface area (Å²) >= 11 is 0. The van der Waals surface area contributed by atoms with E-state index in [4.69, 9.17) is 5.26 Å². The quantitative estimate of drug-likeness (QED) is 0.732. The van der Waals surface area contributed by atoms with E-state index in [1.165, 1.54) is 16.7 Å². The fraction of sp³-hybridized carbons (Fsp3) is 0.500. The fourth-order valence-electron chi connectivity index (χ4n) is 1.83. The maximum atomic E-state index is 9.14. The molecule has 0 atom stereocenters. The summed E-state index contributed by atoms with van der Waals surface area (Å²) in [5, 5.41) is 9.14. The van der Waals surface area contributed by atoms with Crippen LogP contribution in [0.5, 0.6) is 0 Å². The molecule has 0 fully saturated rings. The highest BCUT2D eigenvalue weighted by Gasteiger charge is 2.22. The molecule has 0 saturated heterocycles. The Kier molecular flexibility index (Phi) is 3.52. The Hall–Kier alpha value is -1.29. The summed E-state index contributed by atoms with van der Waals surface area (Å²) in [5.74, 6) is 0. The van der Waals surface area contributed by atoms with Crippen molar-refractivity contribution in [2.24, 2.45) is 0 Å². The number of nitrogens with zero attached hydrogens (tertiary/aromatic N) is 1. The summed E-state index contributed by atoms with van der Waals surface area (Å²) in [6.45, 7) is 8.26. The molecule has 0 heterocycles. The Balaban J connectivity index is 3.26. The Labute approximate surface area is 92.7 Å². The SMILES string of the molecule is CCc1ccc(C(C)(C)C#N)c(CC)c1. The second kappa shape index (κ2) is 4.49. The lowest BCUT2D eigenvalue weighted by Gasteiger charge is -2.20. The van der Waals surface area contributed by atoms with Crippen LogP contribution >= 0.6 is 0 Å². The smallest absolute Gasteiger partial charge is 0.0768 e. The van der Waals surface area contributed by atoms with Gasteiger partial charge >= 0.3 is 0 Å². The summed E-state index contributed by atoms with van der Waals surface area (Å²) in [6, 6.07) is 8.84. The van der Waals surface area contributed by atoms with Crippen molar-refractivity contribution < 1.29 is 0 Å². The van der Waals surface area contributed by atoms with Crippen molar-refractivity contribution in [3.05, 3.63) is 34.9 Å². The molecule has 0 radical (unpaired) electrons. The largest absolute Gasteiger partial charge is 0.197 e. The topological polar surface area (TPSA) is 23.8 Å². The first kappa shape index (κ1) is 11.8. The lowest BCUT2D eigenvalue weighted by atomic mass is 9.82. The van der Waals surface area contributed by atoms with Gasteiger partial charge in [0.15, 0.2) is 0 Å². The molecule has 0 spiro atoms. The van der Waals surface area contributed by atoms with Crippen molar-refractivity contribution in [3.63, 3.8) is 0 Å². The van der Waals surface area contributed by atoms with Crippen LogP contribution in [0, 0.1) is 11.3 Å². The van der Waals surface area contributed by atoms with Crippen molar-refractivity contribution in [1.29, 1.82) is 5.26 Å². The third kappa shape index (κ3) is 2.39. The summed E-state index contributed by atoms with van der Waals surface area (Å²) in [6.07, 6.45) is 2.05. The van der Waals surface area contributed by atoms with Crippen molar-refractivity contribution >= 4 is 0 Å². The number of aryl methyl sites for hydroxylation is 2. The molecule has 1 aromatic carbocycles.